The van der Waals surface area contributed by atoms with Crippen molar-refractivity contribution in [1.29, 1.82) is 0 Å². The summed E-state index contributed by atoms with van der Waals surface area (Å²) < 4.78 is 5.34. The standard InChI is InChI=1S/C24H35N3O3/c1-20-6-5-7-21(18-20)24(8-3-2-4-9-24)23(29)27-12-10-25(11-13-27)19-22(28)26-14-16-30-17-15-26/h5-7,18H,2-4,8-17,19H2,1H3. The quantitative estimate of drug-likeness (QED) is 0.759. The fraction of sp³-hybridized carbons (Fsp3) is 0.667. The third-order valence-electron chi connectivity index (χ3n) is 7.07. The summed E-state index contributed by atoms with van der Waals surface area (Å²) >= 11 is 0. The molecule has 0 aromatic heterocycles. The van der Waals surface area contributed by atoms with Gasteiger partial charge < -0.3 is 14.5 Å². The first-order valence-corrected chi connectivity index (χ1v) is 11.5. The Balaban J connectivity index is 1.39. The van der Waals surface area contributed by atoms with Crippen molar-refractivity contribution < 1.29 is 14.3 Å². The Hall–Kier alpha value is -1.92. The summed E-state index contributed by atoms with van der Waals surface area (Å²) in [4.78, 5) is 32.5. The number of amides is 2. The molecule has 2 saturated heterocycles. The van der Waals surface area contributed by atoms with E-state index < -0.39 is 0 Å². The fourth-order valence-corrected chi connectivity index (χ4v) is 5.24. The van der Waals surface area contributed by atoms with E-state index in [1.165, 1.54) is 17.5 Å². The Bertz CT molecular complexity index is 746. The van der Waals surface area contributed by atoms with Gasteiger partial charge in [-0.2, -0.15) is 0 Å². The SMILES string of the molecule is Cc1cccc(C2(C(=O)N3CCN(CC(=O)N4CCOCC4)CC3)CCCCC2)c1. The normalized spacial score (nSPS) is 22.7. The molecule has 1 aromatic carbocycles. The molecule has 3 aliphatic rings. The molecule has 0 N–H and O–H groups in total. The van der Waals surface area contributed by atoms with E-state index in [9.17, 15) is 9.59 Å². The molecule has 2 aliphatic heterocycles. The van der Waals surface area contributed by atoms with Crippen molar-refractivity contribution in [2.75, 3.05) is 59.0 Å². The van der Waals surface area contributed by atoms with Gasteiger partial charge in [-0.25, -0.2) is 0 Å². The lowest BCUT2D eigenvalue weighted by molar-refractivity contribution is -0.142. The van der Waals surface area contributed by atoms with E-state index in [1.807, 2.05) is 4.90 Å². The van der Waals surface area contributed by atoms with Gasteiger partial charge in [0.15, 0.2) is 0 Å². The molecule has 6 nitrogen and oxygen atoms in total. The number of rotatable bonds is 4. The van der Waals surface area contributed by atoms with Crippen LogP contribution in [0.25, 0.3) is 0 Å². The lowest BCUT2D eigenvalue weighted by atomic mass is 9.68. The van der Waals surface area contributed by atoms with Crippen LogP contribution in [0.4, 0.5) is 0 Å². The predicted molar refractivity (Wildman–Crippen MR) is 116 cm³/mol. The van der Waals surface area contributed by atoms with Crippen LogP contribution in [0.1, 0.15) is 43.2 Å². The number of nitrogens with zero attached hydrogens (tertiary/aromatic N) is 3. The van der Waals surface area contributed by atoms with Crippen LogP contribution in [0.5, 0.6) is 0 Å². The maximum absolute atomic E-state index is 13.8. The number of hydrogen-bond acceptors (Lipinski definition) is 4. The monoisotopic (exact) mass is 413 g/mol. The number of piperazine rings is 1. The van der Waals surface area contributed by atoms with Crippen LogP contribution in [0.2, 0.25) is 0 Å². The van der Waals surface area contributed by atoms with E-state index in [1.54, 1.807) is 0 Å². The maximum Gasteiger partial charge on any atom is 0.236 e. The molecule has 30 heavy (non-hydrogen) atoms. The number of carbonyl (C=O) groups is 2. The molecule has 1 aromatic rings. The van der Waals surface area contributed by atoms with Crippen LogP contribution in [0.3, 0.4) is 0 Å². The summed E-state index contributed by atoms with van der Waals surface area (Å²) in [6, 6.07) is 8.55. The highest BCUT2D eigenvalue weighted by molar-refractivity contribution is 5.88. The van der Waals surface area contributed by atoms with Crippen molar-refractivity contribution >= 4 is 11.8 Å². The van der Waals surface area contributed by atoms with Crippen LogP contribution >= 0.6 is 0 Å². The molecule has 0 atom stereocenters. The van der Waals surface area contributed by atoms with E-state index in [0.717, 1.165) is 38.8 Å². The summed E-state index contributed by atoms with van der Waals surface area (Å²) in [5.41, 5.74) is 2.05. The molecule has 2 heterocycles. The van der Waals surface area contributed by atoms with E-state index >= 15 is 0 Å². The van der Waals surface area contributed by atoms with Gasteiger partial charge in [0.2, 0.25) is 11.8 Å². The molecule has 3 fully saturated rings. The second-order valence-electron chi connectivity index (χ2n) is 9.07. The number of benzene rings is 1. The molecule has 2 amide bonds. The van der Waals surface area contributed by atoms with E-state index in [4.69, 9.17) is 4.74 Å². The summed E-state index contributed by atoms with van der Waals surface area (Å²) in [6.45, 7) is 8.17. The van der Waals surface area contributed by atoms with Crippen molar-refractivity contribution in [3.05, 3.63) is 35.4 Å². The third kappa shape index (κ3) is 4.54. The minimum absolute atomic E-state index is 0.182. The Morgan fingerprint density at radius 2 is 1.63 bits per heavy atom. The minimum atomic E-state index is -0.365. The predicted octanol–water partition coefficient (Wildman–Crippen LogP) is 2.20. The van der Waals surface area contributed by atoms with Gasteiger partial charge in [-0.05, 0) is 25.3 Å². The molecule has 0 bridgehead atoms. The zero-order valence-corrected chi connectivity index (χ0v) is 18.3. The largest absolute Gasteiger partial charge is 0.378 e. The average Bonchev–Trinajstić information content (AvgIpc) is 2.80. The maximum atomic E-state index is 13.8. The Morgan fingerprint density at radius 3 is 2.30 bits per heavy atom. The van der Waals surface area contributed by atoms with Crippen LogP contribution < -0.4 is 0 Å². The number of aryl methyl sites for hydroxylation is 1. The van der Waals surface area contributed by atoms with Gasteiger partial charge in [-0.1, -0.05) is 49.1 Å². The summed E-state index contributed by atoms with van der Waals surface area (Å²) in [5.74, 6) is 0.480. The highest BCUT2D eigenvalue weighted by atomic mass is 16.5. The van der Waals surface area contributed by atoms with Gasteiger partial charge in [0.05, 0.1) is 25.2 Å². The van der Waals surface area contributed by atoms with Gasteiger partial charge in [-0.3, -0.25) is 14.5 Å². The van der Waals surface area contributed by atoms with Gasteiger partial charge in [0.1, 0.15) is 0 Å². The molecule has 4 rings (SSSR count). The van der Waals surface area contributed by atoms with Crippen LogP contribution in [0, 0.1) is 6.92 Å². The molecule has 164 valence electrons. The molecule has 0 radical (unpaired) electrons. The van der Waals surface area contributed by atoms with Gasteiger partial charge in [-0.15, -0.1) is 0 Å². The molecule has 0 unspecified atom stereocenters. The number of morpholine rings is 1. The van der Waals surface area contributed by atoms with Gasteiger partial charge >= 0.3 is 0 Å². The molecule has 1 aliphatic carbocycles. The third-order valence-corrected chi connectivity index (χ3v) is 7.07. The Kier molecular flexibility index (Phi) is 6.74. The van der Waals surface area contributed by atoms with Crippen LogP contribution in [-0.4, -0.2) is 85.5 Å². The van der Waals surface area contributed by atoms with E-state index in [0.29, 0.717) is 51.8 Å². The second kappa shape index (κ2) is 9.48. The van der Waals surface area contributed by atoms with Crippen molar-refractivity contribution in [1.82, 2.24) is 14.7 Å². The van der Waals surface area contributed by atoms with E-state index in [2.05, 4.69) is 41.0 Å². The fourth-order valence-electron chi connectivity index (χ4n) is 5.24. The second-order valence-corrected chi connectivity index (χ2v) is 9.07. The summed E-state index contributed by atoms with van der Waals surface area (Å²) in [5, 5.41) is 0. The molecular weight excluding hydrogens is 378 g/mol. The van der Waals surface area contributed by atoms with Gasteiger partial charge in [0, 0.05) is 39.3 Å². The Labute approximate surface area is 180 Å². The van der Waals surface area contributed by atoms with E-state index in [-0.39, 0.29) is 11.3 Å². The first-order chi connectivity index (χ1) is 14.6. The summed E-state index contributed by atoms with van der Waals surface area (Å²) in [7, 11) is 0. The first-order valence-electron chi connectivity index (χ1n) is 11.5. The highest BCUT2D eigenvalue weighted by Gasteiger charge is 2.44. The lowest BCUT2D eigenvalue weighted by Gasteiger charge is -2.43. The Morgan fingerprint density at radius 1 is 0.933 bits per heavy atom. The smallest absolute Gasteiger partial charge is 0.236 e. The highest BCUT2D eigenvalue weighted by Crippen LogP contribution is 2.41. The zero-order chi connectivity index (χ0) is 21.0. The van der Waals surface area contributed by atoms with Crippen molar-refractivity contribution in [3.63, 3.8) is 0 Å². The molecule has 0 spiro atoms. The van der Waals surface area contributed by atoms with Crippen LogP contribution in [-0.2, 0) is 19.7 Å². The lowest BCUT2D eigenvalue weighted by Crippen LogP contribution is -2.56. The number of carbonyl (C=O) groups excluding carboxylic acids is 2. The minimum Gasteiger partial charge on any atom is -0.378 e. The molecule has 1 saturated carbocycles. The number of ether oxygens (including phenoxy) is 1. The number of hydrogen-bond donors (Lipinski definition) is 0. The van der Waals surface area contributed by atoms with Gasteiger partial charge in [0.25, 0.3) is 0 Å². The first kappa shape index (κ1) is 21.3. The van der Waals surface area contributed by atoms with Crippen molar-refractivity contribution in [3.8, 4) is 0 Å². The summed E-state index contributed by atoms with van der Waals surface area (Å²) in [6.07, 6.45) is 5.36. The molecule has 6 heteroatoms. The topological polar surface area (TPSA) is 53.1 Å². The molecular formula is C24H35N3O3. The van der Waals surface area contributed by atoms with Crippen molar-refractivity contribution in [2.45, 2.75) is 44.4 Å². The zero-order valence-electron chi connectivity index (χ0n) is 18.3. The van der Waals surface area contributed by atoms with Crippen molar-refractivity contribution in [2.24, 2.45) is 0 Å². The van der Waals surface area contributed by atoms with Crippen LogP contribution in [0.15, 0.2) is 24.3 Å². The average molecular weight is 414 g/mol.